The molecule has 8 nitrogen and oxygen atoms in total. The molecule has 1 aromatic carbocycles. The van der Waals surface area contributed by atoms with Crippen molar-refractivity contribution in [1.29, 1.82) is 0 Å². The number of esters is 3. The Balaban J connectivity index is 1.69. The molecule has 2 aliphatic heterocycles. The van der Waals surface area contributed by atoms with Crippen molar-refractivity contribution in [2.24, 2.45) is 5.41 Å². The van der Waals surface area contributed by atoms with Crippen molar-refractivity contribution in [3.63, 3.8) is 0 Å². The van der Waals surface area contributed by atoms with E-state index in [4.69, 9.17) is 16.3 Å². The number of nitrogens with zero attached hydrogens (tertiary/aromatic N) is 3. The Morgan fingerprint density at radius 1 is 1.19 bits per heavy atom. The number of ether oxygens (including phenoxy) is 2. The lowest BCUT2D eigenvalue weighted by Crippen LogP contribution is -2.57. The van der Waals surface area contributed by atoms with Crippen LogP contribution in [0.15, 0.2) is 24.3 Å². The Hall–Kier alpha value is -3.28. The number of aromatic nitrogens is 2. The third-order valence-corrected chi connectivity index (χ3v) is 5.26. The molecule has 0 unspecified atom stereocenters. The molecule has 0 saturated carbocycles. The molecule has 2 fully saturated rings. The van der Waals surface area contributed by atoms with E-state index < -0.39 is 40.9 Å². The Morgan fingerprint density at radius 3 is 2.53 bits per heavy atom. The Labute approximate surface area is 182 Å². The highest BCUT2D eigenvalue weighted by molar-refractivity contribution is 6.30. The van der Waals surface area contributed by atoms with Gasteiger partial charge in [-0.3, -0.25) is 4.79 Å². The molecule has 0 bridgehead atoms. The molecule has 0 atom stereocenters. The average Bonchev–Trinajstić information content (AvgIpc) is 3.09. The second-order valence-electron chi connectivity index (χ2n) is 7.46. The van der Waals surface area contributed by atoms with Gasteiger partial charge < -0.3 is 14.4 Å². The van der Waals surface area contributed by atoms with Crippen LogP contribution in [0.3, 0.4) is 0 Å². The summed E-state index contributed by atoms with van der Waals surface area (Å²) in [6.45, 7) is 0.547. The van der Waals surface area contributed by atoms with Crippen LogP contribution in [0, 0.1) is 11.2 Å². The van der Waals surface area contributed by atoms with Crippen LogP contribution in [0.2, 0.25) is 5.02 Å². The van der Waals surface area contributed by atoms with Gasteiger partial charge in [0, 0.05) is 23.7 Å². The van der Waals surface area contributed by atoms with Gasteiger partial charge in [0.25, 0.3) is 0 Å². The molecule has 32 heavy (non-hydrogen) atoms. The van der Waals surface area contributed by atoms with Crippen molar-refractivity contribution in [2.75, 3.05) is 24.6 Å². The maximum Gasteiger partial charge on any atom is 0.491 e. The number of carbonyl (C=O) groups is 3. The minimum Gasteiger partial charge on any atom is -0.465 e. The molecule has 4 rings (SSSR count). The zero-order valence-corrected chi connectivity index (χ0v) is 16.7. The first kappa shape index (κ1) is 21.9. The van der Waals surface area contributed by atoms with Crippen molar-refractivity contribution >= 4 is 35.3 Å². The number of hydrogen-bond donors (Lipinski definition) is 0. The van der Waals surface area contributed by atoms with E-state index in [9.17, 15) is 31.9 Å². The topological polar surface area (TPSA) is 98.7 Å². The van der Waals surface area contributed by atoms with Crippen LogP contribution < -0.4 is 4.90 Å². The minimum absolute atomic E-state index is 0.134. The Kier molecular flexibility index (Phi) is 5.27. The summed E-state index contributed by atoms with van der Waals surface area (Å²) in [6, 6.07) is 4.46. The fourth-order valence-electron chi connectivity index (χ4n) is 3.55. The van der Waals surface area contributed by atoms with Crippen LogP contribution in [0.5, 0.6) is 0 Å². The molecular weight excluding hydrogens is 462 g/mol. The van der Waals surface area contributed by atoms with Gasteiger partial charge in [-0.25, -0.2) is 14.0 Å². The number of anilines is 1. The molecule has 0 amide bonds. The number of benzene rings is 1. The average molecular weight is 474 g/mol. The first-order chi connectivity index (χ1) is 15.0. The first-order valence-electron chi connectivity index (χ1n) is 9.04. The highest BCUT2D eigenvalue weighted by Crippen LogP contribution is 2.42. The van der Waals surface area contributed by atoms with E-state index in [2.05, 4.69) is 14.9 Å². The van der Waals surface area contributed by atoms with Gasteiger partial charge in [-0.05, 0) is 24.3 Å². The van der Waals surface area contributed by atoms with Gasteiger partial charge in [0.15, 0.2) is 5.82 Å². The van der Waals surface area contributed by atoms with E-state index in [1.807, 2.05) is 0 Å². The number of halogens is 5. The molecule has 13 heteroatoms. The third kappa shape index (κ3) is 4.09. The lowest BCUT2D eigenvalue weighted by Gasteiger charge is -2.46. The summed E-state index contributed by atoms with van der Waals surface area (Å²) in [5.41, 5.74) is -1.43. The van der Waals surface area contributed by atoms with E-state index in [0.717, 1.165) is 12.1 Å². The van der Waals surface area contributed by atoms with E-state index in [1.165, 1.54) is 17.0 Å². The van der Waals surface area contributed by atoms with Crippen LogP contribution in [-0.2, 0) is 19.1 Å². The first-order valence-corrected chi connectivity index (χ1v) is 9.42. The summed E-state index contributed by atoms with van der Waals surface area (Å²) in [5, 5.41) is 7.85. The van der Waals surface area contributed by atoms with Crippen LogP contribution in [0.4, 0.5) is 23.4 Å². The highest BCUT2D eigenvalue weighted by atomic mass is 35.5. The Bertz CT molecular complexity index is 1130. The number of cyclic esters (lactones) is 1. The zero-order valence-electron chi connectivity index (χ0n) is 15.9. The molecule has 0 radical (unpaired) electrons. The maximum atomic E-state index is 14.2. The van der Waals surface area contributed by atoms with Gasteiger partial charge >= 0.3 is 24.1 Å². The van der Waals surface area contributed by atoms with E-state index in [1.54, 1.807) is 0 Å². The lowest BCUT2D eigenvalue weighted by atomic mass is 9.79. The van der Waals surface area contributed by atoms with Crippen LogP contribution in [-0.4, -0.2) is 54.0 Å². The standard InChI is InChI=1S/C19H12ClF4N3O5/c20-9-1-2-12(21)10(3-9)13-4-11(16(29)32-17(30)19(22,23)24)15(26-25-13)27-6-18(7-27)5-14(28)31-8-18/h1-4H,5-8H2. The summed E-state index contributed by atoms with van der Waals surface area (Å²) in [4.78, 5) is 36.5. The molecule has 1 spiro atoms. The second kappa shape index (κ2) is 7.69. The maximum absolute atomic E-state index is 14.2. The van der Waals surface area contributed by atoms with Crippen molar-refractivity contribution in [1.82, 2.24) is 10.2 Å². The quantitative estimate of drug-likeness (QED) is 0.381. The van der Waals surface area contributed by atoms with Crippen molar-refractivity contribution in [2.45, 2.75) is 12.6 Å². The van der Waals surface area contributed by atoms with Gasteiger partial charge in [0.2, 0.25) is 0 Å². The SMILES string of the molecule is O=C1CC2(CO1)CN(c1nnc(-c3cc(Cl)ccc3F)cc1C(=O)OC(=O)C(F)(F)F)C2. The largest absolute Gasteiger partial charge is 0.491 e. The van der Waals surface area contributed by atoms with Crippen LogP contribution in [0.1, 0.15) is 16.8 Å². The number of hydrogen-bond acceptors (Lipinski definition) is 8. The molecule has 2 aromatic rings. The van der Waals surface area contributed by atoms with Crippen LogP contribution >= 0.6 is 11.6 Å². The molecule has 1 aromatic heterocycles. The van der Waals surface area contributed by atoms with Crippen molar-refractivity contribution < 1.29 is 41.4 Å². The molecule has 3 heterocycles. The second-order valence-corrected chi connectivity index (χ2v) is 7.90. The normalized spacial score (nSPS) is 17.2. The smallest absolute Gasteiger partial charge is 0.465 e. The monoisotopic (exact) mass is 473 g/mol. The van der Waals surface area contributed by atoms with E-state index in [-0.39, 0.29) is 48.2 Å². The molecule has 0 N–H and O–H groups in total. The van der Waals surface area contributed by atoms with Crippen molar-refractivity contribution in [3.8, 4) is 11.3 Å². The van der Waals surface area contributed by atoms with E-state index in [0.29, 0.717) is 0 Å². The zero-order chi connectivity index (χ0) is 23.3. The number of carbonyl (C=O) groups excluding carboxylic acids is 3. The molecular formula is C19H12ClF4N3O5. The van der Waals surface area contributed by atoms with Crippen molar-refractivity contribution in [3.05, 3.63) is 40.7 Å². The summed E-state index contributed by atoms with van der Waals surface area (Å²) < 4.78 is 60.8. The fourth-order valence-corrected chi connectivity index (χ4v) is 3.72. The predicted octanol–water partition coefficient (Wildman–Crippen LogP) is 2.94. The molecule has 2 aliphatic rings. The fraction of sp³-hybridized carbons (Fsp3) is 0.316. The number of alkyl halides is 3. The summed E-state index contributed by atoms with van der Waals surface area (Å²) in [5.74, 6) is -5.69. The third-order valence-electron chi connectivity index (χ3n) is 5.03. The van der Waals surface area contributed by atoms with Gasteiger partial charge in [0.05, 0.1) is 17.5 Å². The predicted molar refractivity (Wildman–Crippen MR) is 99.1 cm³/mol. The lowest BCUT2D eigenvalue weighted by molar-refractivity contribution is -0.193. The summed E-state index contributed by atoms with van der Waals surface area (Å²) in [6.07, 6.45) is -5.27. The number of rotatable bonds is 3. The minimum atomic E-state index is -5.40. The van der Waals surface area contributed by atoms with Gasteiger partial charge in [-0.1, -0.05) is 11.6 Å². The molecule has 0 aliphatic carbocycles. The molecule has 168 valence electrons. The van der Waals surface area contributed by atoms with Crippen LogP contribution in [0.25, 0.3) is 11.3 Å². The van der Waals surface area contributed by atoms with E-state index >= 15 is 0 Å². The summed E-state index contributed by atoms with van der Waals surface area (Å²) in [7, 11) is 0. The summed E-state index contributed by atoms with van der Waals surface area (Å²) >= 11 is 5.86. The van der Waals surface area contributed by atoms with Gasteiger partial charge in [0.1, 0.15) is 18.0 Å². The van der Waals surface area contributed by atoms with Gasteiger partial charge in [-0.2, -0.15) is 13.2 Å². The Morgan fingerprint density at radius 2 is 1.91 bits per heavy atom. The highest BCUT2D eigenvalue weighted by Gasteiger charge is 2.51. The van der Waals surface area contributed by atoms with Gasteiger partial charge in [-0.15, -0.1) is 10.2 Å². The molecule has 2 saturated heterocycles.